The lowest BCUT2D eigenvalue weighted by Gasteiger charge is -2.28. The monoisotopic (exact) mass is 464 g/mol. The number of carboxylic acid groups (broad SMARTS) is 1. The fraction of sp³-hybridized carbons (Fsp3) is 0.261. The molecule has 4 aromatic rings. The van der Waals surface area contributed by atoms with Crippen LogP contribution in [0, 0.1) is 11.2 Å². The van der Waals surface area contributed by atoms with Crippen molar-refractivity contribution in [3.63, 3.8) is 0 Å². The molecule has 0 saturated heterocycles. The van der Waals surface area contributed by atoms with Crippen molar-refractivity contribution in [1.82, 2.24) is 24.7 Å². The van der Waals surface area contributed by atoms with Crippen LogP contribution in [-0.4, -0.2) is 42.5 Å². The van der Waals surface area contributed by atoms with Crippen LogP contribution in [0.15, 0.2) is 42.6 Å². The van der Waals surface area contributed by atoms with Crippen LogP contribution in [0.1, 0.15) is 26.3 Å². The van der Waals surface area contributed by atoms with Gasteiger partial charge < -0.3 is 16.6 Å². The van der Waals surface area contributed by atoms with Gasteiger partial charge >= 0.3 is 6.09 Å². The zero-order chi connectivity index (χ0) is 24.6. The molecule has 11 heteroatoms. The molecule has 34 heavy (non-hydrogen) atoms. The average molecular weight is 465 g/mol. The fourth-order valence-corrected chi connectivity index (χ4v) is 3.66. The molecule has 10 nitrogen and oxygen atoms in total. The van der Waals surface area contributed by atoms with Crippen molar-refractivity contribution in [2.24, 2.45) is 5.41 Å². The Balaban J connectivity index is 1.81. The molecule has 0 fully saturated rings. The molecule has 176 valence electrons. The van der Waals surface area contributed by atoms with Crippen molar-refractivity contribution in [2.45, 2.75) is 27.3 Å². The van der Waals surface area contributed by atoms with Crippen molar-refractivity contribution >= 4 is 34.4 Å². The second kappa shape index (κ2) is 8.58. The van der Waals surface area contributed by atoms with Gasteiger partial charge in [0.05, 0.1) is 11.9 Å². The molecule has 3 aromatic heterocycles. The molecular formula is C23H25FN8O2. The summed E-state index contributed by atoms with van der Waals surface area (Å²) in [5, 5.41) is 14.9. The van der Waals surface area contributed by atoms with Gasteiger partial charge in [-0.25, -0.2) is 28.8 Å². The predicted molar refractivity (Wildman–Crippen MR) is 128 cm³/mol. The normalized spacial score (nSPS) is 11.6. The summed E-state index contributed by atoms with van der Waals surface area (Å²) in [4.78, 5) is 26.0. The topological polar surface area (TPSA) is 149 Å². The number of fused-ring (bicyclic) bond motifs is 1. The van der Waals surface area contributed by atoms with Crippen molar-refractivity contribution in [3.8, 4) is 11.5 Å². The molecule has 0 radical (unpaired) electrons. The van der Waals surface area contributed by atoms with Gasteiger partial charge in [-0.3, -0.25) is 4.90 Å². The third-order valence-corrected chi connectivity index (χ3v) is 5.07. The van der Waals surface area contributed by atoms with Crippen LogP contribution in [0.25, 0.3) is 22.6 Å². The Kier molecular flexibility index (Phi) is 5.78. The van der Waals surface area contributed by atoms with Gasteiger partial charge in [0.25, 0.3) is 0 Å². The summed E-state index contributed by atoms with van der Waals surface area (Å²) in [7, 11) is 0. The molecule has 0 bridgehead atoms. The van der Waals surface area contributed by atoms with E-state index < -0.39 is 6.09 Å². The Hall–Kier alpha value is -4.28. The highest BCUT2D eigenvalue weighted by Crippen LogP contribution is 2.34. The summed E-state index contributed by atoms with van der Waals surface area (Å²) < 4.78 is 15.8. The molecule has 0 spiro atoms. The van der Waals surface area contributed by atoms with Gasteiger partial charge in [-0.15, -0.1) is 0 Å². The third kappa shape index (κ3) is 4.45. The highest BCUT2D eigenvalue weighted by Gasteiger charge is 2.28. The van der Waals surface area contributed by atoms with E-state index in [-0.39, 0.29) is 47.5 Å². The number of carbonyl (C=O) groups is 1. The number of aromatic nitrogens is 5. The van der Waals surface area contributed by atoms with Gasteiger partial charge in [0.15, 0.2) is 23.1 Å². The molecule has 0 saturated carbocycles. The van der Waals surface area contributed by atoms with E-state index in [1.807, 2.05) is 20.8 Å². The standard InChI is InChI=1S/C23H25FN8O2/c1-23(2,3)12-31(22(33)34)17-18(25)28-20(29-19(17)26)16-14-8-6-10-27-21(14)32(30-16)11-13-7-4-5-9-15(13)24/h4-10H,11-12H2,1-3H3,(H,33,34)(H4,25,26,28,29). The summed E-state index contributed by atoms with van der Waals surface area (Å²) in [5.74, 6) is -0.417. The number of amides is 1. The number of benzene rings is 1. The molecule has 3 heterocycles. The molecule has 4 rings (SSSR count). The Morgan fingerprint density at radius 1 is 1.12 bits per heavy atom. The minimum atomic E-state index is -1.21. The van der Waals surface area contributed by atoms with Crippen LogP contribution in [0.5, 0.6) is 0 Å². The largest absolute Gasteiger partial charge is 0.465 e. The lowest BCUT2D eigenvalue weighted by atomic mass is 9.96. The van der Waals surface area contributed by atoms with Gasteiger partial charge in [0.1, 0.15) is 17.2 Å². The van der Waals surface area contributed by atoms with E-state index in [0.717, 1.165) is 4.90 Å². The van der Waals surface area contributed by atoms with E-state index in [2.05, 4.69) is 20.1 Å². The highest BCUT2D eigenvalue weighted by atomic mass is 19.1. The van der Waals surface area contributed by atoms with Crippen molar-refractivity contribution in [2.75, 3.05) is 22.9 Å². The molecule has 0 aliphatic rings. The molecule has 0 aliphatic heterocycles. The van der Waals surface area contributed by atoms with Gasteiger partial charge in [-0.1, -0.05) is 39.0 Å². The quantitative estimate of drug-likeness (QED) is 0.404. The number of halogens is 1. The summed E-state index contributed by atoms with van der Waals surface area (Å²) in [6.07, 6.45) is 0.392. The van der Waals surface area contributed by atoms with E-state index >= 15 is 0 Å². The Morgan fingerprint density at radius 2 is 1.79 bits per heavy atom. The summed E-state index contributed by atoms with van der Waals surface area (Å²) in [5.41, 5.74) is 13.3. The maximum Gasteiger partial charge on any atom is 0.412 e. The van der Waals surface area contributed by atoms with Crippen molar-refractivity contribution in [3.05, 3.63) is 54.0 Å². The molecular weight excluding hydrogens is 439 g/mol. The smallest absolute Gasteiger partial charge is 0.412 e. The lowest BCUT2D eigenvalue weighted by Crippen LogP contribution is -2.38. The van der Waals surface area contributed by atoms with E-state index in [1.54, 1.807) is 41.2 Å². The maximum atomic E-state index is 14.2. The molecule has 0 aliphatic carbocycles. The lowest BCUT2D eigenvalue weighted by molar-refractivity contribution is 0.198. The Labute approximate surface area is 195 Å². The van der Waals surface area contributed by atoms with Crippen LogP contribution in [-0.2, 0) is 6.54 Å². The van der Waals surface area contributed by atoms with E-state index in [0.29, 0.717) is 22.3 Å². The zero-order valence-corrected chi connectivity index (χ0v) is 19.0. The van der Waals surface area contributed by atoms with Gasteiger partial charge in [0, 0.05) is 18.3 Å². The van der Waals surface area contributed by atoms with E-state index in [1.165, 1.54) is 6.07 Å². The minimum absolute atomic E-state index is 0.0272. The second-order valence-corrected chi connectivity index (χ2v) is 9.07. The minimum Gasteiger partial charge on any atom is -0.465 e. The fourth-order valence-electron chi connectivity index (χ4n) is 3.66. The van der Waals surface area contributed by atoms with Gasteiger partial charge in [-0.2, -0.15) is 5.10 Å². The first-order valence-electron chi connectivity index (χ1n) is 10.5. The van der Waals surface area contributed by atoms with Gasteiger partial charge in [0.2, 0.25) is 0 Å². The van der Waals surface area contributed by atoms with Crippen LogP contribution in [0.4, 0.5) is 26.5 Å². The van der Waals surface area contributed by atoms with Crippen molar-refractivity contribution in [1.29, 1.82) is 0 Å². The third-order valence-electron chi connectivity index (χ3n) is 5.07. The first-order valence-corrected chi connectivity index (χ1v) is 10.5. The number of rotatable bonds is 5. The highest BCUT2D eigenvalue weighted by molar-refractivity contribution is 5.95. The maximum absolute atomic E-state index is 14.2. The van der Waals surface area contributed by atoms with E-state index in [4.69, 9.17) is 11.5 Å². The Bertz CT molecular complexity index is 1360. The number of hydrogen-bond donors (Lipinski definition) is 3. The molecule has 0 atom stereocenters. The Morgan fingerprint density at radius 3 is 2.41 bits per heavy atom. The van der Waals surface area contributed by atoms with Crippen molar-refractivity contribution < 1.29 is 14.3 Å². The number of pyridine rings is 1. The first-order chi connectivity index (χ1) is 16.0. The first kappa shape index (κ1) is 22.9. The van der Waals surface area contributed by atoms with E-state index in [9.17, 15) is 14.3 Å². The summed E-state index contributed by atoms with van der Waals surface area (Å²) >= 11 is 0. The average Bonchev–Trinajstić information content (AvgIpc) is 3.12. The number of nitrogens with two attached hydrogens (primary N) is 2. The zero-order valence-electron chi connectivity index (χ0n) is 19.0. The number of hydrogen-bond acceptors (Lipinski definition) is 7. The van der Waals surface area contributed by atoms with Crippen LogP contribution in [0.2, 0.25) is 0 Å². The number of nitrogen functional groups attached to an aromatic ring is 2. The predicted octanol–water partition coefficient (Wildman–Crippen LogP) is 3.77. The molecule has 5 N–H and O–H groups in total. The summed E-state index contributed by atoms with van der Waals surface area (Å²) in [6.45, 7) is 5.97. The number of anilines is 3. The second-order valence-electron chi connectivity index (χ2n) is 9.07. The molecule has 1 amide bonds. The summed E-state index contributed by atoms with van der Waals surface area (Å²) in [6, 6.07) is 9.93. The SMILES string of the molecule is CC(C)(C)CN(C(=O)O)c1c(N)nc(-c2nn(Cc3ccccc3F)c3ncccc23)nc1N. The van der Waals surface area contributed by atoms with Crippen LogP contribution in [0.3, 0.4) is 0 Å². The van der Waals surface area contributed by atoms with Gasteiger partial charge in [-0.05, 0) is 23.6 Å². The number of nitrogens with zero attached hydrogens (tertiary/aromatic N) is 6. The molecule has 1 aromatic carbocycles. The molecule has 0 unspecified atom stereocenters. The van der Waals surface area contributed by atoms with Crippen LogP contribution >= 0.6 is 0 Å². The van der Waals surface area contributed by atoms with Crippen LogP contribution < -0.4 is 16.4 Å².